The molecule has 0 saturated carbocycles. The smallest absolute Gasteiger partial charge is 0.335 e. The highest BCUT2D eigenvalue weighted by atomic mass is 16.5. The topological polar surface area (TPSA) is 713 Å². The Bertz CT molecular complexity index is 3890. The lowest BCUT2D eigenvalue weighted by molar-refractivity contribution is -0.159. The Labute approximate surface area is 672 Å². The van der Waals surface area contributed by atoms with E-state index in [2.05, 4.69) is 61.4 Å². The number of hydrogen-bond donors (Lipinski definition) is 22. The minimum absolute atomic E-state index is 0.0135. The Balaban J connectivity index is 2.29. The summed E-state index contributed by atoms with van der Waals surface area (Å²) in [6.45, 7) is 7.67. The maximum atomic E-state index is 15.0. The summed E-state index contributed by atoms with van der Waals surface area (Å²) in [4.78, 5) is 277. The third-order valence-corrected chi connectivity index (χ3v) is 19.3. The predicted molar refractivity (Wildman–Crippen MR) is 408 cm³/mol. The molecule has 1 saturated heterocycles. The summed E-state index contributed by atoms with van der Waals surface area (Å²) >= 11 is 0. The maximum Gasteiger partial charge on any atom is 0.335 e. The molecule has 650 valence electrons. The Kier molecular flexibility index (Phi) is 41.6. The van der Waals surface area contributed by atoms with Crippen LogP contribution in [0.25, 0.3) is 10.9 Å². The van der Waals surface area contributed by atoms with E-state index >= 15 is 4.79 Å². The van der Waals surface area contributed by atoms with Gasteiger partial charge >= 0.3 is 29.8 Å². The van der Waals surface area contributed by atoms with Gasteiger partial charge in [-0.2, -0.15) is 0 Å². The molecule has 0 aliphatic carbocycles. The number of cyclic esters (lactones) is 1. The van der Waals surface area contributed by atoms with Crippen molar-refractivity contribution in [3.05, 3.63) is 36.0 Å². The zero-order valence-electron chi connectivity index (χ0n) is 66.3. The quantitative estimate of drug-likeness (QED) is 0.0221. The Morgan fingerprint density at radius 2 is 1.21 bits per heavy atom. The largest absolute Gasteiger partial charge is 0.481 e. The fourth-order valence-corrected chi connectivity index (χ4v) is 12.0. The maximum absolute atomic E-state index is 15.0. The second-order valence-corrected chi connectivity index (χ2v) is 28.8. The number of hydrogen-bond acceptors (Lipinski definition) is 24. The van der Waals surface area contributed by atoms with E-state index in [1.807, 2.05) is 21.3 Å². The standard InChI is InChI=1S/C73H111N17O27/c1-9-34(3)19-13-11-12-14-23-48(92)80-44(28-39-31-77-41-21-16-15-20-40(39)41)65(107)83-43(24-25-51(95)96)64(106)88-57(59(101)61(76)103)70(112)87-56-38(7)117-73(116)55(35(4)10-2)86-69(111)54(36(5)27-52(97)98)85-67(109)45(29-47(75)91)81-49(93)32-78-68(110)58(60(102)72(114)115)89-63(105)42(22-17-18-26-74)82-66(108)46(30-53(99)100)84-62(104)37(6)79-50(94)33-90(8)71(56)113/h15-16,20-21,31,34-38,42-46,54-60,77,101-102H,9-14,17-19,22-30,32-33,74H2,1-8H3,(H2,75,91)(H2,76,103)(H,78,110)(H,79,94)(H,80,92)(H,81,93)(H,82,108)(H,83,107)(H,84,104)(H,85,109)(H,86,111)(H,87,112)(H,88,106)(H,89,105)(H,95,96)(H,97,98)(H,99,100)(H,114,115). The summed E-state index contributed by atoms with van der Waals surface area (Å²) in [5.41, 5.74) is 17.7. The molecule has 1 aliphatic heterocycles. The average molecular weight is 1660 g/mol. The highest BCUT2D eigenvalue weighted by Crippen LogP contribution is 2.22. The highest BCUT2D eigenvalue weighted by molar-refractivity contribution is 6.02. The van der Waals surface area contributed by atoms with E-state index in [4.69, 9.17) is 21.9 Å². The van der Waals surface area contributed by atoms with Crippen molar-refractivity contribution in [1.29, 1.82) is 0 Å². The number of carbonyl (C=O) groups is 20. The lowest BCUT2D eigenvalue weighted by Gasteiger charge is -2.33. The molecule has 25 N–H and O–H groups in total. The van der Waals surface area contributed by atoms with E-state index in [1.165, 1.54) is 13.8 Å². The fourth-order valence-electron chi connectivity index (χ4n) is 12.0. The molecule has 2 aromatic rings. The number of carboxylic acid groups (broad SMARTS) is 4. The molecule has 1 aliphatic rings. The van der Waals surface area contributed by atoms with Crippen molar-refractivity contribution < 1.29 is 131 Å². The van der Waals surface area contributed by atoms with E-state index in [0.717, 1.165) is 53.5 Å². The number of fused-ring (bicyclic) bond motifs is 1. The van der Waals surface area contributed by atoms with E-state index < -0.39 is 267 Å². The molecule has 17 atom stereocenters. The minimum Gasteiger partial charge on any atom is -0.481 e. The number of likely N-dealkylation sites (N-methyl/N-ethyl adjacent to an activating group) is 1. The molecule has 0 spiro atoms. The first kappa shape index (κ1) is 99.2. The van der Waals surface area contributed by atoms with Crippen LogP contribution < -0.4 is 81.0 Å². The van der Waals surface area contributed by atoms with Gasteiger partial charge in [0.2, 0.25) is 88.6 Å². The number of unbranched alkanes of at least 4 members (excludes halogenated alkanes) is 4. The molecular formula is C73H111N17O27. The van der Waals surface area contributed by atoms with Crippen LogP contribution in [0.15, 0.2) is 30.5 Å². The second-order valence-electron chi connectivity index (χ2n) is 28.8. The lowest BCUT2D eigenvalue weighted by Crippen LogP contribution is -2.64. The number of amides is 15. The van der Waals surface area contributed by atoms with Crippen molar-refractivity contribution in [3.63, 3.8) is 0 Å². The van der Waals surface area contributed by atoms with Crippen LogP contribution in [0, 0.1) is 17.8 Å². The number of ether oxygens (including phenoxy) is 1. The number of primary amides is 2. The number of esters is 1. The van der Waals surface area contributed by atoms with Crippen molar-refractivity contribution in [3.8, 4) is 0 Å². The minimum atomic E-state index is -2.84. The fraction of sp³-hybridized carbons (Fsp3) is 0.616. The van der Waals surface area contributed by atoms with Crippen LogP contribution in [0.4, 0.5) is 0 Å². The van der Waals surface area contributed by atoms with Crippen LogP contribution in [0.1, 0.15) is 157 Å². The first-order chi connectivity index (χ1) is 54.9. The molecular weight excluding hydrogens is 1550 g/mol. The number of nitrogens with zero attached hydrogens (tertiary/aromatic N) is 1. The Morgan fingerprint density at radius 3 is 1.81 bits per heavy atom. The Morgan fingerprint density at radius 1 is 0.598 bits per heavy atom. The van der Waals surface area contributed by atoms with Gasteiger partial charge in [-0.25, -0.2) is 9.59 Å². The summed E-state index contributed by atoms with van der Waals surface area (Å²) in [6.07, 6.45) is -6.89. The monoisotopic (exact) mass is 1660 g/mol. The first-order valence-corrected chi connectivity index (χ1v) is 38.1. The van der Waals surface area contributed by atoms with Crippen LogP contribution in [0.3, 0.4) is 0 Å². The summed E-state index contributed by atoms with van der Waals surface area (Å²) in [5, 5.41) is 88.2. The molecule has 44 nitrogen and oxygen atoms in total. The first-order valence-electron chi connectivity index (χ1n) is 38.1. The van der Waals surface area contributed by atoms with Gasteiger partial charge in [-0.05, 0) is 81.9 Å². The summed E-state index contributed by atoms with van der Waals surface area (Å²) in [7, 11) is 0.890. The summed E-state index contributed by atoms with van der Waals surface area (Å²) in [5.74, 6) is -31.3. The Hall–Kier alpha value is -12.0. The van der Waals surface area contributed by atoms with Crippen LogP contribution in [-0.4, -0.2) is 270 Å². The third kappa shape index (κ3) is 33.4. The molecule has 3 rings (SSSR count). The zero-order chi connectivity index (χ0) is 88.2. The van der Waals surface area contributed by atoms with Gasteiger partial charge in [0.15, 0.2) is 12.2 Å². The molecule has 1 aromatic heterocycles. The van der Waals surface area contributed by atoms with Gasteiger partial charge in [-0.1, -0.05) is 91.3 Å². The number of benzene rings is 1. The van der Waals surface area contributed by atoms with Crippen LogP contribution in [0.5, 0.6) is 0 Å². The number of aromatic nitrogens is 1. The van der Waals surface area contributed by atoms with Crippen molar-refractivity contribution in [2.75, 3.05) is 26.7 Å². The molecule has 0 bridgehead atoms. The van der Waals surface area contributed by atoms with E-state index in [0.29, 0.717) is 40.1 Å². The van der Waals surface area contributed by atoms with Crippen molar-refractivity contribution in [1.82, 2.24) is 73.7 Å². The molecule has 1 fully saturated rings. The molecule has 44 heteroatoms. The van der Waals surface area contributed by atoms with Gasteiger partial charge in [0.25, 0.3) is 0 Å². The SMILES string of the molecule is CCC(C)CCCCCCC(=O)NC(Cc1c[nH]c2ccccc12)C(=O)NC(CCC(=O)O)C(=O)NC(C(=O)NC1C(=O)N(C)CC(=O)NC(C)C(=O)NC(CC(=O)O)C(=O)NC(CCCCN)C(=O)NC(C(O)C(=O)O)C(=O)NCC(=O)NC(CC(N)=O)C(=O)NC(C(C)CC(=O)O)C(=O)NC(C(C)CC)C(=O)OC1C)C(O)C(N)=O. The van der Waals surface area contributed by atoms with E-state index in [9.17, 15) is 122 Å². The second kappa shape index (κ2) is 49.1. The number of nitrogens with one attached hydrogen (secondary N) is 13. The summed E-state index contributed by atoms with van der Waals surface area (Å²) < 4.78 is 5.77. The van der Waals surface area contributed by atoms with Gasteiger partial charge < -0.3 is 126 Å². The average Bonchev–Trinajstić information content (AvgIpc) is 1.64. The van der Waals surface area contributed by atoms with E-state index in [-0.39, 0.29) is 38.6 Å². The lowest BCUT2D eigenvalue weighted by atomic mass is 9.94. The number of aliphatic carboxylic acids is 4. The molecule has 2 heterocycles. The van der Waals surface area contributed by atoms with Crippen molar-refractivity contribution >= 4 is 129 Å². The summed E-state index contributed by atoms with van der Waals surface area (Å²) in [6, 6.07) is -16.1. The van der Waals surface area contributed by atoms with Crippen molar-refractivity contribution in [2.24, 2.45) is 35.0 Å². The zero-order valence-corrected chi connectivity index (χ0v) is 66.3. The number of aliphatic hydroxyl groups is 2. The molecule has 117 heavy (non-hydrogen) atoms. The molecule has 17 unspecified atom stereocenters. The number of aliphatic hydroxyl groups excluding tert-OH is 2. The number of carbonyl (C=O) groups excluding carboxylic acids is 16. The van der Waals surface area contributed by atoms with Crippen LogP contribution in [-0.2, 0) is 107 Å². The molecule has 1 aromatic carbocycles. The highest BCUT2D eigenvalue weighted by Gasteiger charge is 2.44. The van der Waals surface area contributed by atoms with Crippen LogP contribution >= 0.6 is 0 Å². The van der Waals surface area contributed by atoms with Gasteiger partial charge in [0.1, 0.15) is 72.6 Å². The normalized spacial score (nSPS) is 22.3. The van der Waals surface area contributed by atoms with Gasteiger partial charge in [0.05, 0.1) is 32.4 Å². The van der Waals surface area contributed by atoms with Crippen molar-refractivity contribution in [2.45, 2.75) is 242 Å². The predicted octanol–water partition coefficient (Wildman–Crippen LogP) is -6.24. The third-order valence-electron chi connectivity index (χ3n) is 19.3. The number of para-hydroxylation sites is 1. The van der Waals surface area contributed by atoms with Crippen LogP contribution in [0.2, 0.25) is 0 Å². The number of nitrogens with two attached hydrogens (primary N) is 3. The number of carboxylic acids is 4. The van der Waals surface area contributed by atoms with Gasteiger partial charge in [0, 0.05) is 43.4 Å². The number of H-pyrrole nitrogens is 1. The van der Waals surface area contributed by atoms with Gasteiger partial charge in [-0.15, -0.1) is 0 Å². The molecule has 0 radical (unpaired) electrons. The number of aromatic amines is 1. The van der Waals surface area contributed by atoms with E-state index in [1.54, 1.807) is 30.5 Å². The number of rotatable bonds is 37. The van der Waals surface area contributed by atoms with Gasteiger partial charge in [-0.3, -0.25) is 86.3 Å². The molecule has 15 amide bonds.